The highest BCUT2D eigenvalue weighted by Gasteiger charge is 2.32. The zero-order chi connectivity index (χ0) is 26.1. The lowest BCUT2D eigenvalue weighted by Crippen LogP contribution is -2.46. The molecular formula is C27H30ClN5O3. The van der Waals surface area contributed by atoms with Crippen molar-refractivity contribution in [2.45, 2.75) is 52.7 Å². The van der Waals surface area contributed by atoms with Crippen LogP contribution in [0.4, 0.5) is 5.95 Å². The number of nitrogens with zero attached hydrogens (tertiary/aromatic N) is 3. The zero-order valence-electron chi connectivity index (χ0n) is 21.1. The number of hydrogen-bond donors (Lipinski definition) is 2. The molecule has 1 aromatic heterocycles. The summed E-state index contributed by atoms with van der Waals surface area (Å²) in [5.41, 5.74) is 3.48. The molecule has 0 bridgehead atoms. The summed E-state index contributed by atoms with van der Waals surface area (Å²) in [6.45, 7) is 7.96. The van der Waals surface area contributed by atoms with E-state index in [-0.39, 0.29) is 36.0 Å². The van der Waals surface area contributed by atoms with E-state index in [1.54, 1.807) is 59.0 Å². The molecule has 0 aliphatic carbocycles. The smallest absolute Gasteiger partial charge is 0.263 e. The van der Waals surface area contributed by atoms with Crippen LogP contribution in [0.5, 0.6) is 0 Å². The van der Waals surface area contributed by atoms with Gasteiger partial charge < -0.3 is 15.5 Å². The Labute approximate surface area is 215 Å². The van der Waals surface area contributed by atoms with Crippen molar-refractivity contribution >= 4 is 29.4 Å². The second-order valence-corrected chi connectivity index (χ2v) is 9.78. The fraction of sp³-hybridized carbons (Fsp3) is 0.333. The van der Waals surface area contributed by atoms with Crippen molar-refractivity contribution in [2.24, 2.45) is 0 Å². The first kappa shape index (κ1) is 25.4. The van der Waals surface area contributed by atoms with Gasteiger partial charge in [0.25, 0.3) is 17.4 Å². The quantitative estimate of drug-likeness (QED) is 0.545. The summed E-state index contributed by atoms with van der Waals surface area (Å²) in [5, 5.41) is 6.47. The van der Waals surface area contributed by atoms with Gasteiger partial charge in [0.1, 0.15) is 0 Å². The fourth-order valence-electron chi connectivity index (χ4n) is 4.37. The van der Waals surface area contributed by atoms with Gasteiger partial charge in [0.05, 0.1) is 17.9 Å². The highest BCUT2D eigenvalue weighted by Crippen LogP contribution is 2.26. The molecule has 0 saturated carbocycles. The van der Waals surface area contributed by atoms with Gasteiger partial charge >= 0.3 is 0 Å². The third-order valence-electron chi connectivity index (χ3n) is 6.31. The molecule has 188 valence electrons. The number of halogens is 1. The predicted molar refractivity (Wildman–Crippen MR) is 141 cm³/mol. The van der Waals surface area contributed by atoms with Gasteiger partial charge in [-0.25, -0.2) is 9.55 Å². The van der Waals surface area contributed by atoms with E-state index in [2.05, 4.69) is 10.6 Å². The first-order valence-corrected chi connectivity index (χ1v) is 12.3. The Morgan fingerprint density at radius 3 is 2.39 bits per heavy atom. The Balaban J connectivity index is 1.75. The lowest BCUT2D eigenvalue weighted by Gasteiger charge is -2.35. The van der Waals surface area contributed by atoms with E-state index in [0.29, 0.717) is 45.5 Å². The Bertz CT molecular complexity index is 1380. The summed E-state index contributed by atoms with van der Waals surface area (Å²) in [6.07, 6.45) is 0.387. The van der Waals surface area contributed by atoms with Crippen molar-refractivity contribution in [2.75, 3.05) is 12.4 Å². The number of rotatable bonds is 5. The van der Waals surface area contributed by atoms with Crippen molar-refractivity contribution in [3.63, 3.8) is 0 Å². The van der Waals surface area contributed by atoms with Gasteiger partial charge in [-0.2, -0.15) is 0 Å². The van der Waals surface area contributed by atoms with E-state index in [0.717, 1.165) is 5.56 Å². The molecule has 2 heterocycles. The maximum atomic E-state index is 13.8. The fourth-order valence-corrected chi connectivity index (χ4v) is 4.49. The summed E-state index contributed by atoms with van der Waals surface area (Å²) in [7, 11) is 1.57. The molecule has 1 atom stereocenters. The van der Waals surface area contributed by atoms with Crippen LogP contribution in [0.1, 0.15) is 58.3 Å². The van der Waals surface area contributed by atoms with Crippen LogP contribution in [-0.2, 0) is 13.0 Å². The predicted octanol–water partition coefficient (Wildman–Crippen LogP) is 3.96. The third-order valence-corrected chi connectivity index (χ3v) is 6.74. The van der Waals surface area contributed by atoms with Gasteiger partial charge in [0, 0.05) is 40.8 Å². The van der Waals surface area contributed by atoms with Crippen LogP contribution < -0.4 is 16.2 Å². The largest absolute Gasteiger partial charge is 0.355 e. The van der Waals surface area contributed by atoms with Crippen LogP contribution in [0.2, 0.25) is 5.02 Å². The molecule has 1 aliphatic heterocycles. The first-order chi connectivity index (χ1) is 17.1. The number of aromatic nitrogens is 2. The SMILES string of the molecule is CNC(=O)c1ccc(-n2c(NC(C)C)nc3c(c2=O)C[C@@H](C)N(C(=O)c2ccc(Cl)c(C)c2)C3)cc1. The van der Waals surface area contributed by atoms with E-state index in [9.17, 15) is 14.4 Å². The number of fused-ring (bicyclic) bond motifs is 1. The Hall–Kier alpha value is -3.65. The van der Waals surface area contributed by atoms with Crippen molar-refractivity contribution in [1.29, 1.82) is 0 Å². The monoisotopic (exact) mass is 507 g/mol. The molecule has 0 fully saturated rings. The van der Waals surface area contributed by atoms with Crippen LogP contribution in [-0.4, -0.2) is 45.4 Å². The Kier molecular flexibility index (Phi) is 7.17. The Morgan fingerprint density at radius 1 is 1.11 bits per heavy atom. The molecule has 8 nitrogen and oxygen atoms in total. The minimum absolute atomic E-state index is 0.0173. The molecule has 1 aliphatic rings. The van der Waals surface area contributed by atoms with Crippen molar-refractivity contribution in [3.8, 4) is 5.69 Å². The second-order valence-electron chi connectivity index (χ2n) is 9.38. The molecule has 0 unspecified atom stereocenters. The molecule has 9 heteroatoms. The summed E-state index contributed by atoms with van der Waals surface area (Å²) in [4.78, 5) is 45.6. The van der Waals surface area contributed by atoms with Gasteiger partial charge in [-0.1, -0.05) is 11.6 Å². The highest BCUT2D eigenvalue weighted by atomic mass is 35.5. The number of carbonyl (C=O) groups is 2. The first-order valence-electron chi connectivity index (χ1n) is 11.9. The number of aryl methyl sites for hydroxylation is 1. The number of benzene rings is 2. The number of carbonyl (C=O) groups excluding carboxylic acids is 2. The van der Waals surface area contributed by atoms with Crippen LogP contribution in [0.25, 0.3) is 5.69 Å². The average molecular weight is 508 g/mol. The molecule has 4 rings (SSSR count). The standard InChI is InChI=1S/C27H30ClN5O3/c1-15(2)30-27-31-23-14-32(25(35)19-8-11-22(28)16(3)12-19)17(4)13-21(23)26(36)33(27)20-9-6-18(7-10-20)24(34)29-5/h6-12,15,17H,13-14H2,1-5H3,(H,29,34)(H,30,31)/t17-/m1/s1. The van der Waals surface area contributed by atoms with Gasteiger partial charge in [-0.3, -0.25) is 14.4 Å². The number of amides is 2. The summed E-state index contributed by atoms with van der Waals surface area (Å²) < 4.78 is 1.54. The molecular weight excluding hydrogens is 478 g/mol. The van der Waals surface area contributed by atoms with Crippen molar-refractivity contribution in [1.82, 2.24) is 19.8 Å². The molecule has 2 N–H and O–H groups in total. The molecule has 0 saturated heterocycles. The molecule has 0 spiro atoms. The molecule has 3 aromatic rings. The van der Waals surface area contributed by atoms with E-state index in [1.807, 2.05) is 27.7 Å². The van der Waals surface area contributed by atoms with Crippen LogP contribution >= 0.6 is 11.6 Å². The van der Waals surface area contributed by atoms with Gasteiger partial charge in [0.15, 0.2) is 0 Å². The highest BCUT2D eigenvalue weighted by molar-refractivity contribution is 6.31. The lowest BCUT2D eigenvalue weighted by atomic mass is 9.98. The van der Waals surface area contributed by atoms with Gasteiger partial charge in [-0.05, 0) is 82.1 Å². The van der Waals surface area contributed by atoms with Crippen LogP contribution in [0.3, 0.4) is 0 Å². The van der Waals surface area contributed by atoms with E-state index in [4.69, 9.17) is 16.6 Å². The minimum Gasteiger partial charge on any atom is -0.355 e. The van der Waals surface area contributed by atoms with Crippen molar-refractivity contribution < 1.29 is 9.59 Å². The van der Waals surface area contributed by atoms with E-state index < -0.39 is 0 Å². The maximum absolute atomic E-state index is 13.8. The second kappa shape index (κ2) is 10.1. The number of anilines is 1. The van der Waals surface area contributed by atoms with Crippen LogP contribution in [0.15, 0.2) is 47.3 Å². The van der Waals surface area contributed by atoms with E-state index in [1.165, 1.54) is 0 Å². The van der Waals surface area contributed by atoms with Crippen LogP contribution in [0, 0.1) is 6.92 Å². The number of hydrogen-bond acceptors (Lipinski definition) is 5. The maximum Gasteiger partial charge on any atom is 0.263 e. The zero-order valence-corrected chi connectivity index (χ0v) is 21.8. The molecule has 2 amide bonds. The van der Waals surface area contributed by atoms with Gasteiger partial charge in [-0.15, -0.1) is 0 Å². The van der Waals surface area contributed by atoms with E-state index >= 15 is 0 Å². The number of nitrogens with one attached hydrogen (secondary N) is 2. The third kappa shape index (κ3) is 4.86. The van der Waals surface area contributed by atoms with Gasteiger partial charge in [0.2, 0.25) is 5.95 Å². The lowest BCUT2D eigenvalue weighted by molar-refractivity contribution is 0.0653. The average Bonchev–Trinajstić information content (AvgIpc) is 2.85. The summed E-state index contributed by atoms with van der Waals surface area (Å²) in [6, 6.07) is 11.9. The Morgan fingerprint density at radius 2 is 1.78 bits per heavy atom. The topological polar surface area (TPSA) is 96.3 Å². The summed E-state index contributed by atoms with van der Waals surface area (Å²) >= 11 is 6.14. The molecule has 0 radical (unpaired) electrons. The van der Waals surface area contributed by atoms with Crippen molar-refractivity contribution in [3.05, 3.63) is 85.8 Å². The normalized spacial score (nSPS) is 15.0. The minimum atomic E-state index is -0.201. The molecule has 2 aromatic carbocycles. The summed E-state index contributed by atoms with van der Waals surface area (Å²) in [5.74, 6) is 0.0697. The molecule has 36 heavy (non-hydrogen) atoms.